The van der Waals surface area contributed by atoms with Gasteiger partial charge in [0.25, 0.3) is 0 Å². The van der Waals surface area contributed by atoms with Crippen LogP contribution in [-0.2, 0) is 16.0 Å². The molecule has 1 N–H and O–H groups in total. The van der Waals surface area contributed by atoms with Gasteiger partial charge in [-0.1, -0.05) is 0 Å². The van der Waals surface area contributed by atoms with Gasteiger partial charge in [-0.2, -0.15) is 5.10 Å². The molecule has 0 fully saturated rings. The van der Waals surface area contributed by atoms with Gasteiger partial charge in [0.1, 0.15) is 5.75 Å². The third-order valence-corrected chi connectivity index (χ3v) is 4.29. The summed E-state index contributed by atoms with van der Waals surface area (Å²) in [4.78, 5) is 15.7. The van der Waals surface area contributed by atoms with Crippen LogP contribution in [0.25, 0.3) is 0 Å². The third kappa shape index (κ3) is 6.47. The van der Waals surface area contributed by atoms with E-state index in [1.807, 2.05) is 37.4 Å². The van der Waals surface area contributed by atoms with Crippen LogP contribution < -0.4 is 10.2 Å². The van der Waals surface area contributed by atoms with Crippen molar-refractivity contribution in [3.63, 3.8) is 0 Å². The fraction of sp³-hybridized carbons (Fsp3) is 0.353. The first kappa shape index (κ1) is 19.4. The predicted octanol–water partition coefficient (Wildman–Crippen LogP) is 4.24. The van der Waals surface area contributed by atoms with Gasteiger partial charge in [0, 0.05) is 5.38 Å². The molecule has 0 aliphatic rings. The van der Waals surface area contributed by atoms with E-state index < -0.39 is 0 Å². The van der Waals surface area contributed by atoms with Crippen LogP contribution in [-0.4, -0.2) is 29.9 Å². The summed E-state index contributed by atoms with van der Waals surface area (Å²) < 4.78 is 11.4. The summed E-state index contributed by atoms with van der Waals surface area (Å²) in [6.45, 7) is 6.11. The molecule has 134 valence electrons. The quantitative estimate of drug-likeness (QED) is 0.388. The first-order chi connectivity index (χ1) is 12.0. The normalized spacial score (nSPS) is 11.1. The number of thiazole rings is 1. The van der Waals surface area contributed by atoms with Crippen molar-refractivity contribution in [1.29, 1.82) is 0 Å². The van der Waals surface area contributed by atoms with Crippen LogP contribution in [0.1, 0.15) is 32.0 Å². The molecule has 8 heteroatoms. The molecule has 6 nitrogen and oxygen atoms in total. The van der Waals surface area contributed by atoms with Crippen LogP contribution in [0.5, 0.6) is 5.75 Å². The summed E-state index contributed by atoms with van der Waals surface area (Å²) in [6.07, 6.45) is 1.97. The maximum absolute atomic E-state index is 11.4. The number of nitrogens with zero attached hydrogens (tertiary/aromatic N) is 2. The van der Waals surface area contributed by atoms with Gasteiger partial charge >= 0.3 is 5.97 Å². The number of benzene rings is 1. The highest BCUT2D eigenvalue weighted by Gasteiger charge is 2.08. The summed E-state index contributed by atoms with van der Waals surface area (Å²) in [5, 5.41) is 6.60. The second kappa shape index (κ2) is 9.53. The van der Waals surface area contributed by atoms with Crippen LogP contribution in [0.4, 0.5) is 5.13 Å². The summed E-state index contributed by atoms with van der Waals surface area (Å²) in [5.41, 5.74) is 4.44. The highest BCUT2D eigenvalue weighted by Crippen LogP contribution is 2.26. The van der Waals surface area contributed by atoms with Gasteiger partial charge in [-0.15, -0.1) is 11.3 Å². The van der Waals surface area contributed by atoms with Crippen LogP contribution >= 0.6 is 27.3 Å². The van der Waals surface area contributed by atoms with Crippen LogP contribution in [0, 0.1) is 0 Å². The number of ether oxygens (including phenoxy) is 2. The highest BCUT2D eigenvalue weighted by molar-refractivity contribution is 9.10. The van der Waals surface area contributed by atoms with E-state index in [0.717, 1.165) is 15.8 Å². The van der Waals surface area contributed by atoms with Gasteiger partial charge in [0.2, 0.25) is 5.13 Å². The largest absolute Gasteiger partial charge is 0.490 e. The average molecular weight is 426 g/mol. The van der Waals surface area contributed by atoms with E-state index in [-0.39, 0.29) is 18.5 Å². The number of carbonyl (C=O) groups excluding carboxylic acids is 1. The summed E-state index contributed by atoms with van der Waals surface area (Å²) in [5.74, 6) is 0.514. The molecule has 1 aromatic heterocycles. The highest BCUT2D eigenvalue weighted by atomic mass is 79.9. The molecule has 0 saturated heterocycles. The number of anilines is 1. The molecule has 0 bridgehead atoms. The number of rotatable bonds is 8. The minimum atomic E-state index is -0.281. The number of aromatic nitrogens is 1. The van der Waals surface area contributed by atoms with E-state index in [9.17, 15) is 4.79 Å². The Morgan fingerprint density at radius 1 is 1.48 bits per heavy atom. The summed E-state index contributed by atoms with van der Waals surface area (Å²) in [6, 6.07) is 5.74. The van der Waals surface area contributed by atoms with E-state index in [2.05, 4.69) is 31.4 Å². The third-order valence-electron chi connectivity index (χ3n) is 2.87. The van der Waals surface area contributed by atoms with Crippen molar-refractivity contribution in [1.82, 2.24) is 4.98 Å². The molecular formula is C17H20BrN3O3S. The molecular weight excluding hydrogens is 406 g/mol. The zero-order chi connectivity index (χ0) is 18.2. The maximum Gasteiger partial charge on any atom is 0.311 e. The SMILES string of the molecule is CCOC(=O)Cc1csc(N/N=C\c2ccc(OC(C)C)c(Br)c2)n1. The lowest BCUT2D eigenvalue weighted by atomic mass is 10.2. The van der Waals surface area contributed by atoms with Gasteiger partial charge in [0.05, 0.1) is 35.5 Å². The Morgan fingerprint density at radius 2 is 2.28 bits per heavy atom. The maximum atomic E-state index is 11.4. The Labute approximate surface area is 159 Å². The standard InChI is InChI=1S/C17H20BrN3O3S/c1-4-23-16(22)8-13-10-25-17(20-13)21-19-9-12-5-6-15(14(18)7-12)24-11(2)3/h5-7,9-11H,4,8H2,1-3H3,(H,20,21)/b19-9-. The Kier molecular flexibility index (Phi) is 7.39. The second-order valence-electron chi connectivity index (χ2n) is 5.35. The Morgan fingerprint density at radius 3 is 2.96 bits per heavy atom. The van der Waals surface area contributed by atoms with Crippen molar-refractivity contribution >= 4 is 44.6 Å². The second-order valence-corrected chi connectivity index (χ2v) is 7.06. The smallest absolute Gasteiger partial charge is 0.311 e. The van der Waals surface area contributed by atoms with E-state index in [4.69, 9.17) is 9.47 Å². The first-order valence-electron chi connectivity index (χ1n) is 7.83. The lowest BCUT2D eigenvalue weighted by Gasteiger charge is -2.11. The molecule has 0 spiro atoms. The predicted molar refractivity (Wildman–Crippen MR) is 104 cm³/mol. The van der Waals surface area contributed by atoms with E-state index in [0.29, 0.717) is 17.4 Å². The molecule has 0 aliphatic carbocycles. The average Bonchev–Trinajstić information content (AvgIpc) is 2.97. The van der Waals surface area contributed by atoms with Crippen LogP contribution in [0.3, 0.4) is 0 Å². The molecule has 0 aliphatic heterocycles. The van der Waals surface area contributed by atoms with Crippen LogP contribution in [0.2, 0.25) is 0 Å². The molecule has 0 radical (unpaired) electrons. The number of esters is 1. The zero-order valence-electron chi connectivity index (χ0n) is 14.3. The number of hydrazone groups is 1. The van der Waals surface area contributed by atoms with Crippen molar-refractivity contribution in [3.05, 3.63) is 39.3 Å². The van der Waals surface area contributed by atoms with Gasteiger partial charge in [-0.3, -0.25) is 10.2 Å². The fourth-order valence-corrected chi connectivity index (χ4v) is 3.06. The first-order valence-corrected chi connectivity index (χ1v) is 9.50. The van der Waals surface area contributed by atoms with E-state index in [1.54, 1.807) is 13.1 Å². The molecule has 2 rings (SSSR count). The van der Waals surface area contributed by atoms with Gasteiger partial charge in [-0.05, 0) is 60.5 Å². The zero-order valence-corrected chi connectivity index (χ0v) is 16.7. The minimum absolute atomic E-state index is 0.117. The Hall–Kier alpha value is -1.93. The lowest BCUT2D eigenvalue weighted by Crippen LogP contribution is -2.07. The lowest BCUT2D eigenvalue weighted by molar-refractivity contribution is -0.142. The molecule has 0 saturated carbocycles. The Balaban J connectivity index is 1.91. The number of hydrogen-bond acceptors (Lipinski definition) is 7. The van der Waals surface area contributed by atoms with E-state index >= 15 is 0 Å². The monoisotopic (exact) mass is 425 g/mol. The molecule has 0 unspecified atom stereocenters. The van der Waals surface area contributed by atoms with Gasteiger partial charge < -0.3 is 9.47 Å². The number of nitrogens with one attached hydrogen (secondary N) is 1. The van der Waals surface area contributed by atoms with Gasteiger partial charge in [0.15, 0.2) is 0 Å². The molecule has 1 aromatic carbocycles. The number of hydrogen-bond donors (Lipinski definition) is 1. The minimum Gasteiger partial charge on any atom is -0.490 e. The summed E-state index contributed by atoms with van der Waals surface area (Å²) in [7, 11) is 0. The molecule has 25 heavy (non-hydrogen) atoms. The van der Waals surface area contributed by atoms with Crippen molar-refractivity contribution < 1.29 is 14.3 Å². The topological polar surface area (TPSA) is 72.8 Å². The number of halogens is 1. The Bertz CT molecular complexity index is 746. The number of carbonyl (C=O) groups is 1. The molecule has 2 aromatic rings. The van der Waals surface area contributed by atoms with E-state index in [1.165, 1.54) is 11.3 Å². The molecule has 1 heterocycles. The summed E-state index contributed by atoms with van der Waals surface area (Å²) >= 11 is 4.87. The van der Waals surface area contributed by atoms with Gasteiger partial charge in [-0.25, -0.2) is 4.98 Å². The van der Waals surface area contributed by atoms with Crippen molar-refractivity contribution in [2.45, 2.75) is 33.3 Å². The molecule has 0 atom stereocenters. The molecule has 0 amide bonds. The fourth-order valence-electron chi connectivity index (χ4n) is 1.91. The van der Waals surface area contributed by atoms with Crippen LogP contribution in [0.15, 0.2) is 33.2 Å². The van der Waals surface area contributed by atoms with Crippen molar-refractivity contribution in [2.24, 2.45) is 5.10 Å². The van der Waals surface area contributed by atoms with Crippen molar-refractivity contribution in [2.75, 3.05) is 12.0 Å². The van der Waals surface area contributed by atoms with Crippen molar-refractivity contribution in [3.8, 4) is 5.75 Å².